The Morgan fingerprint density at radius 3 is 2.59 bits per heavy atom. The van der Waals surface area contributed by atoms with E-state index in [1.54, 1.807) is 6.92 Å². The zero-order valence-corrected chi connectivity index (χ0v) is 17.9. The first-order valence-corrected chi connectivity index (χ1v) is 11.3. The Balaban J connectivity index is 1.72. The van der Waals surface area contributed by atoms with E-state index < -0.39 is 22.0 Å². The van der Waals surface area contributed by atoms with Gasteiger partial charge >= 0.3 is 5.97 Å². The number of piperidine rings is 1. The molecule has 0 saturated carbocycles. The molecular weight excluding hydrogens is 388 g/mol. The summed E-state index contributed by atoms with van der Waals surface area (Å²) in [4.78, 5) is 14.1. The maximum atomic E-state index is 12.8. The monoisotopic (exact) mass is 416 g/mol. The van der Waals surface area contributed by atoms with Gasteiger partial charge in [0.1, 0.15) is 0 Å². The van der Waals surface area contributed by atoms with Crippen molar-refractivity contribution in [1.82, 2.24) is 4.72 Å². The zero-order valence-electron chi connectivity index (χ0n) is 17.1. The Bertz CT molecular complexity index is 957. The molecule has 3 rings (SSSR count). The predicted octanol–water partition coefficient (Wildman–Crippen LogP) is 3.75. The van der Waals surface area contributed by atoms with Gasteiger partial charge in [0.05, 0.1) is 17.6 Å². The molecule has 1 aliphatic rings. The average molecular weight is 417 g/mol. The minimum atomic E-state index is -3.78. The normalized spacial score (nSPS) is 18.3. The highest BCUT2D eigenvalue weighted by Crippen LogP contribution is 2.25. The van der Waals surface area contributed by atoms with Crippen molar-refractivity contribution >= 4 is 21.7 Å². The maximum Gasteiger partial charge on any atom is 0.337 e. The molecule has 7 heteroatoms. The van der Waals surface area contributed by atoms with E-state index in [1.807, 2.05) is 12.1 Å². The minimum absolute atomic E-state index is 0.0335. The fourth-order valence-electron chi connectivity index (χ4n) is 3.67. The third kappa shape index (κ3) is 5.16. The first-order valence-electron chi connectivity index (χ1n) is 9.86. The number of ether oxygens (including phenoxy) is 1. The van der Waals surface area contributed by atoms with Crippen LogP contribution < -0.4 is 9.62 Å². The lowest BCUT2D eigenvalue weighted by Crippen LogP contribution is -2.34. The van der Waals surface area contributed by atoms with Gasteiger partial charge in [-0.1, -0.05) is 25.1 Å². The number of hydrogen-bond donors (Lipinski definition) is 1. The van der Waals surface area contributed by atoms with Crippen molar-refractivity contribution in [3.8, 4) is 0 Å². The van der Waals surface area contributed by atoms with Crippen LogP contribution in [0.5, 0.6) is 0 Å². The molecule has 1 heterocycles. The van der Waals surface area contributed by atoms with Crippen LogP contribution in [0.4, 0.5) is 5.69 Å². The first-order chi connectivity index (χ1) is 13.8. The molecule has 0 bridgehead atoms. The van der Waals surface area contributed by atoms with E-state index in [0.717, 1.165) is 18.7 Å². The highest BCUT2D eigenvalue weighted by Gasteiger charge is 2.21. The fourth-order valence-corrected chi connectivity index (χ4v) is 4.95. The molecule has 2 aromatic rings. The van der Waals surface area contributed by atoms with Crippen molar-refractivity contribution in [2.75, 3.05) is 25.1 Å². The summed E-state index contributed by atoms with van der Waals surface area (Å²) >= 11 is 0. The van der Waals surface area contributed by atoms with Crippen molar-refractivity contribution in [2.45, 2.75) is 37.6 Å². The Labute approximate surface area is 172 Å². The van der Waals surface area contributed by atoms with Gasteiger partial charge in [-0.15, -0.1) is 0 Å². The number of sulfonamides is 1. The molecule has 0 aromatic heterocycles. The van der Waals surface area contributed by atoms with E-state index in [0.29, 0.717) is 5.92 Å². The number of rotatable bonds is 6. The quantitative estimate of drug-likeness (QED) is 0.726. The van der Waals surface area contributed by atoms with E-state index in [4.69, 9.17) is 0 Å². The second-order valence-corrected chi connectivity index (χ2v) is 9.36. The number of anilines is 1. The van der Waals surface area contributed by atoms with Crippen molar-refractivity contribution < 1.29 is 17.9 Å². The van der Waals surface area contributed by atoms with Crippen LogP contribution in [0, 0.1) is 5.92 Å². The summed E-state index contributed by atoms with van der Waals surface area (Å²) in [7, 11) is -2.52. The summed E-state index contributed by atoms with van der Waals surface area (Å²) in [6.45, 7) is 6.19. The number of carbonyl (C=O) groups excluding carboxylic acids is 1. The standard InChI is InChI=1S/C22H28N2O4S/c1-16-6-5-13-24(15-16)20-11-9-18(10-12-20)17(2)23-29(26,27)21-8-4-7-19(14-21)22(25)28-3/h4,7-12,14,16-17,23H,5-6,13,15H2,1-3H3/t16-,17+/m1/s1. The topological polar surface area (TPSA) is 75.7 Å². The summed E-state index contributed by atoms with van der Waals surface area (Å²) in [5, 5.41) is 0. The second-order valence-electron chi connectivity index (χ2n) is 7.65. The number of nitrogens with one attached hydrogen (secondary N) is 1. The van der Waals surface area contributed by atoms with Crippen molar-refractivity contribution in [3.63, 3.8) is 0 Å². The molecule has 29 heavy (non-hydrogen) atoms. The fraction of sp³-hybridized carbons (Fsp3) is 0.409. The number of benzene rings is 2. The zero-order chi connectivity index (χ0) is 21.0. The van der Waals surface area contributed by atoms with Crippen LogP contribution in [-0.4, -0.2) is 34.6 Å². The Kier molecular flexibility index (Phi) is 6.59. The summed E-state index contributed by atoms with van der Waals surface area (Å²) in [6.07, 6.45) is 2.47. The van der Waals surface area contributed by atoms with Gasteiger partial charge in [-0.3, -0.25) is 0 Å². The van der Waals surface area contributed by atoms with Crippen LogP contribution in [0.25, 0.3) is 0 Å². The lowest BCUT2D eigenvalue weighted by molar-refractivity contribution is 0.0600. The van der Waals surface area contributed by atoms with Gasteiger partial charge in [0.15, 0.2) is 0 Å². The van der Waals surface area contributed by atoms with Crippen LogP contribution >= 0.6 is 0 Å². The maximum absolute atomic E-state index is 12.8. The minimum Gasteiger partial charge on any atom is -0.465 e. The number of hydrogen-bond acceptors (Lipinski definition) is 5. The van der Waals surface area contributed by atoms with E-state index in [9.17, 15) is 13.2 Å². The summed E-state index contributed by atoms with van der Waals surface area (Å²) in [5.74, 6) is 0.118. The third-order valence-corrected chi connectivity index (χ3v) is 6.85. The lowest BCUT2D eigenvalue weighted by Gasteiger charge is -2.33. The first kappa shape index (κ1) is 21.3. The molecule has 0 amide bonds. The Morgan fingerprint density at radius 1 is 1.21 bits per heavy atom. The number of methoxy groups -OCH3 is 1. The van der Waals surface area contributed by atoms with E-state index in [2.05, 4.69) is 33.4 Å². The molecule has 0 spiro atoms. The average Bonchev–Trinajstić information content (AvgIpc) is 2.73. The van der Waals surface area contributed by atoms with Crippen LogP contribution in [-0.2, 0) is 14.8 Å². The molecule has 1 fully saturated rings. The molecule has 1 aliphatic heterocycles. The molecule has 156 valence electrons. The largest absolute Gasteiger partial charge is 0.465 e. The van der Waals surface area contributed by atoms with Gasteiger partial charge in [0.2, 0.25) is 10.0 Å². The van der Waals surface area contributed by atoms with Gasteiger partial charge in [0.25, 0.3) is 0 Å². The van der Waals surface area contributed by atoms with Crippen LogP contribution in [0.3, 0.4) is 0 Å². The van der Waals surface area contributed by atoms with Gasteiger partial charge in [-0.05, 0) is 61.6 Å². The molecule has 1 N–H and O–H groups in total. The van der Waals surface area contributed by atoms with E-state index >= 15 is 0 Å². The predicted molar refractivity (Wildman–Crippen MR) is 114 cm³/mol. The SMILES string of the molecule is COC(=O)c1cccc(S(=O)(=O)N[C@@H](C)c2ccc(N3CCC[C@@H](C)C3)cc2)c1. The molecule has 1 saturated heterocycles. The molecule has 0 unspecified atom stereocenters. The number of carbonyl (C=O) groups is 1. The van der Waals surface area contributed by atoms with Crippen LogP contribution in [0.15, 0.2) is 53.4 Å². The van der Waals surface area contributed by atoms with E-state index in [-0.39, 0.29) is 10.5 Å². The van der Waals surface area contributed by atoms with Gasteiger partial charge in [0, 0.05) is 24.8 Å². The summed E-state index contributed by atoms with van der Waals surface area (Å²) in [5.41, 5.74) is 2.25. The van der Waals surface area contributed by atoms with Gasteiger partial charge in [-0.2, -0.15) is 0 Å². The molecule has 2 atom stereocenters. The van der Waals surface area contributed by atoms with Crippen molar-refractivity contribution in [3.05, 3.63) is 59.7 Å². The Hall–Kier alpha value is -2.38. The molecule has 6 nitrogen and oxygen atoms in total. The number of nitrogens with zero attached hydrogens (tertiary/aromatic N) is 1. The van der Waals surface area contributed by atoms with Crippen LogP contribution in [0.1, 0.15) is 48.7 Å². The molecular formula is C22H28N2O4S. The summed E-state index contributed by atoms with van der Waals surface area (Å²) < 4.78 is 32.9. The van der Waals surface area contributed by atoms with Gasteiger partial charge in [-0.25, -0.2) is 17.9 Å². The molecule has 0 aliphatic carbocycles. The Morgan fingerprint density at radius 2 is 1.93 bits per heavy atom. The highest BCUT2D eigenvalue weighted by atomic mass is 32.2. The molecule has 2 aromatic carbocycles. The second kappa shape index (κ2) is 8.97. The molecule has 0 radical (unpaired) electrons. The van der Waals surface area contributed by atoms with Crippen molar-refractivity contribution in [2.24, 2.45) is 5.92 Å². The van der Waals surface area contributed by atoms with Crippen molar-refractivity contribution in [1.29, 1.82) is 0 Å². The smallest absolute Gasteiger partial charge is 0.337 e. The summed E-state index contributed by atoms with van der Waals surface area (Å²) in [6, 6.07) is 13.5. The highest BCUT2D eigenvalue weighted by molar-refractivity contribution is 7.89. The van der Waals surface area contributed by atoms with E-state index in [1.165, 1.54) is 49.9 Å². The van der Waals surface area contributed by atoms with Crippen LogP contribution in [0.2, 0.25) is 0 Å². The number of esters is 1. The lowest BCUT2D eigenvalue weighted by atomic mass is 9.99. The van der Waals surface area contributed by atoms with Gasteiger partial charge < -0.3 is 9.64 Å². The third-order valence-electron chi connectivity index (χ3n) is 5.31.